The second kappa shape index (κ2) is 9.24. The predicted molar refractivity (Wildman–Crippen MR) is 117 cm³/mol. The molecule has 0 saturated carbocycles. The van der Waals surface area contributed by atoms with Crippen molar-refractivity contribution in [2.24, 2.45) is 0 Å². The van der Waals surface area contributed by atoms with E-state index in [0.29, 0.717) is 12.2 Å². The average molecular weight is 405 g/mol. The van der Waals surface area contributed by atoms with Gasteiger partial charge in [-0.05, 0) is 43.7 Å². The van der Waals surface area contributed by atoms with Crippen LogP contribution in [-0.2, 0) is 9.53 Å². The summed E-state index contributed by atoms with van der Waals surface area (Å²) in [5, 5.41) is 2.80. The van der Waals surface area contributed by atoms with E-state index in [0.717, 1.165) is 61.5 Å². The first-order valence-electron chi connectivity index (χ1n) is 10.4. The molecule has 1 aliphatic heterocycles. The van der Waals surface area contributed by atoms with E-state index in [1.54, 1.807) is 4.40 Å². The minimum absolute atomic E-state index is 0.403. The molecule has 0 bridgehead atoms. The lowest BCUT2D eigenvalue weighted by Crippen LogP contribution is -2.39. The predicted octanol–water partition coefficient (Wildman–Crippen LogP) is 2.94. The summed E-state index contributed by atoms with van der Waals surface area (Å²) < 4.78 is 7.14. The van der Waals surface area contributed by atoms with Crippen LogP contribution >= 0.6 is 0 Å². The lowest BCUT2D eigenvalue weighted by Gasteiger charge is -2.26. The third-order valence-electron chi connectivity index (χ3n) is 5.50. The van der Waals surface area contributed by atoms with Gasteiger partial charge in [0.2, 0.25) is 0 Å². The first kappa shape index (κ1) is 20.3. The molecule has 1 aliphatic rings. The van der Waals surface area contributed by atoms with Gasteiger partial charge in [-0.2, -0.15) is 0 Å². The van der Waals surface area contributed by atoms with Crippen molar-refractivity contribution >= 4 is 17.2 Å². The van der Waals surface area contributed by atoms with Crippen molar-refractivity contribution in [3.05, 3.63) is 66.0 Å². The molecular formula is C24H27N3O3. The van der Waals surface area contributed by atoms with Crippen molar-refractivity contribution in [1.82, 2.24) is 14.6 Å². The van der Waals surface area contributed by atoms with Crippen LogP contribution in [0.4, 0.5) is 0 Å². The van der Waals surface area contributed by atoms with Gasteiger partial charge in [0.05, 0.1) is 13.2 Å². The molecule has 3 heterocycles. The highest BCUT2D eigenvalue weighted by Crippen LogP contribution is 2.28. The van der Waals surface area contributed by atoms with Crippen LogP contribution in [0.15, 0.2) is 54.7 Å². The second-order valence-electron chi connectivity index (χ2n) is 7.66. The molecule has 1 aromatic carbocycles. The van der Waals surface area contributed by atoms with Crippen molar-refractivity contribution in [3.63, 3.8) is 0 Å². The van der Waals surface area contributed by atoms with Gasteiger partial charge in [-0.15, -0.1) is 0 Å². The van der Waals surface area contributed by atoms with Crippen molar-refractivity contribution in [3.8, 4) is 11.1 Å². The van der Waals surface area contributed by atoms with E-state index in [-0.39, 0.29) is 0 Å². The number of nitrogens with zero attached hydrogens (tertiary/aromatic N) is 2. The van der Waals surface area contributed by atoms with Crippen molar-refractivity contribution in [1.29, 1.82) is 0 Å². The van der Waals surface area contributed by atoms with Gasteiger partial charge in [-0.25, -0.2) is 0 Å². The maximum absolute atomic E-state index is 13.1. The molecule has 0 aliphatic carbocycles. The molecule has 3 aromatic rings. The summed E-state index contributed by atoms with van der Waals surface area (Å²) in [6.45, 7) is 6.75. The molecule has 4 rings (SSSR count). The molecule has 0 unspecified atom stereocenters. The smallest absolute Gasteiger partial charge is 0.294 e. The molecule has 6 nitrogen and oxygen atoms in total. The van der Waals surface area contributed by atoms with E-state index < -0.39 is 11.7 Å². The SMILES string of the molecule is Cc1ccc(-c2cc3ccccn3c2C(=O)C(=O)NCCCN2CCOCC2)cc1. The summed E-state index contributed by atoms with van der Waals surface area (Å²) in [5.74, 6) is -1.07. The number of ether oxygens (including phenoxy) is 1. The summed E-state index contributed by atoms with van der Waals surface area (Å²) >= 11 is 0. The van der Waals surface area contributed by atoms with Crippen molar-refractivity contribution in [2.45, 2.75) is 13.3 Å². The normalized spacial score (nSPS) is 14.7. The van der Waals surface area contributed by atoms with Gasteiger partial charge in [0.15, 0.2) is 0 Å². The second-order valence-corrected chi connectivity index (χ2v) is 7.66. The number of aromatic nitrogens is 1. The number of aryl methyl sites for hydroxylation is 1. The zero-order valence-electron chi connectivity index (χ0n) is 17.3. The number of morpholine rings is 1. The number of pyridine rings is 1. The summed E-state index contributed by atoms with van der Waals surface area (Å²) in [6.07, 6.45) is 2.63. The standard InChI is InChI=1S/C24H27N3O3/c1-18-6-8-19(9-7-18)21-17-20-5-2-3-12-27(20)22(21)23(28)24(29)25-10-4-11-26-13-15-30-16-14-26/h2-3,5-9,12,17H,4,10-11,13-16H2,1H3,(H,25,29). The van der Waals surface area contributed by atoms with Gasteiger partial charge in [0, 0.05) is 36.9 Å². The molecule has 1 saturated heterocycles. The van der Waals surface area contributed by atoms with Crippen LogP contribution in [0.3, 0.4) is 0 Å². The monoisotopic (exact) mass is 405 g/mol. The fourth-order valence-electron chi connectivity index (χ4n) is 3.83. The molecule has 6 heteroatoms. The third kappa shape index (κ3) is 4.45. The number of ketones is 1. The van der Waals surface area contributed by atoms with Gasteiger partial charge < -0.3 is 14.5 Å². The number of benzene rings is 1. The number of carbonyl (C=O) groups is 2. The van der Waals surface area contributed by atoms with E-state index >= 15 is 0 Å². The van der Waals surface area contributed by atoms with Crippen LogP contribution in [0.1, 0.15) is 22.5 Å². The van der Waals surface area contributed by atoms with Gasteiger partial charge >= 0.3 is 0 Å². The van der Waals surface area contributed by atoms with Crippen molar-refractivity contribution in [2.75, 3.05) is 39.4 Å². The van der Waals surface area contributed by atoms with Crippen LogP contribution in [0, 0.1) is 6.92 Å². The zero-order chi connectivity index (χ0) is 20.9. The molecule has 2 aromatic heterocycles. The van der Waals surface area contributed by atoms with E-state index in [1.165, 1.54) is 0 Å². The van der Waals surface area contributed by atoms with Gasteiger partial charge in [-0.3, -0.25) is 14.5 Å². The topological polar surface area (TPSA) is 63.0 Å². The lowest BCUT2D eigenvalue weighted by molar-refractivity contribution is -0.117. The zero-order valence-corrected chi connectivity index (χ0v) is 17.3. The fraction of sp³-hybridized carbons (Fsp3) is 0.333. The Labute approximate surface area is 176 Å². The maximum Gasteiger partial charge on any atom is 0.294 e. The summed E-state index contributed by atoms with van der Waals surface area (Å²) in [5.41, 5.74) is 4.13. The van der Waals surface area contributed by atoms with Gasteiger partial charge in [-0.1, -0.05) is 35.9 Å². The molecule has 1 fully saturated rings. The summed E-state index contributed by atoms with van der Waals surface area (Å²) in [4.78, 5) is 28.1. The Balaban J connectivity index is 1.49. The van der Waals surface area contributed by atoms with Crippen LogP contribution < -0.4 is 5.32 Å². The highest BCUT2D eigenvalue weighted by atomic mass is 16.5. The van der Waals surface area contributed by atoms with Gasteiger partial charge in [0.1, 0.15) is 5.69 Å². The third-order valence-corrected chi connectivity index (χ3v) is 5.50. The lowest BCUT2D eigenvalue weighted by atomic mass is 10.0. The molecule has 156 valence electrons. The molecule has 1 amide bonds. The number of fused-ring (bicyclic) bond motifs is 1. The number of carbonyl (C=O) groups excluding carboxylic acids is 2. The minimum Gasteiger partial charge on any atom is -0.379 e. The fourth-order valence-corrected chi connectivity index (χ4v) is 3.83. The Kier molecular flexibility index (Phi) is 6.26. The van der Waals surface area contributed by atoms with Crippen LogP contribution in [0.2, 0.25) is 0 Å². The van der Waals surface area contributed by atoms with Gasteiger partial charge in [0.25, 0.3) is 11.7 Å². The highest BCUT2D eigenvalue weighted by molar-refractivity contribution is 6.43. The first-order valence-corrected chi connectivity index (χ1v) is 10.4. The van der Waals surface area contributed by atoms with E-state index in [2.05, 4.69) is 10.2 Å². The Morgan fingerprint density at radius 1 is 1.07 bits per heavy atom. The average Bonchev–Trinajstić information content (AvgIpc) is 3.17. The summed E-state index contributed by atoms with van der Waals surface area (Å²) in [7, 11) is 0. The minimum atomic E-state index is -0.561. The van der Waals surface area contributed by atoms with Crippen LogP contribution in [0.5, 0.6) is 0 Å². The van der Waals surface area contributed by atoms with Crippen molar-refractivity contribution < 1.29 is 14.3 Å². The van der Waals surface area contributed by atoms with E-state index in [4.69, 9.17) is 4.74 Å². The Bertz CT molecular complexity index is 1030. The number of hydrogen-bond acceptors (Lipinski definition) is 4. The molecule has 0 atom stereocenters. The summed E-state index contributed by atoms with van der Waals surface area (Å²) in [6, 6.07) is 15.7. The first-order chi connectivity index (χ1) is 14.6. The molecular weight excluding hydrogens is 378 g/mol. The molecule has 30 heavy (non-hydrogen) atoms. The molecule has 1 N–H and O–H groups in total. The van der Waals surface area contributed by atoms with E-state index in [9.17, 15) is 9.59 Å². The molecule has 0 radical (unpaired) electrons. The Hall–Kier alpha value is -2.96. The van der Waals surface area contributed by atoms with E-state index in [1.807, 2.05) is 61.7 Å². The number of hydrogen-bond donors (Lipinski definition) is 1. The quantitative estimate of drug-likeness (QED) is 0.373. The van der Waals surface area contributed by atoms with Crippen LogP contribution in [0.25, 0.3) is 16.6 Å². The number of amides is 1. The highest BCUT2D eigenvalue weighted by Gasteiger charge is 2.24. The number of Topliss-reactive ketones (excluding diaryl/α,β-unsaturated/α-hetero) is 1. The largest absolute Gasteiger partial charge is 0.379 e. The number of nitrogens with one attached hydrogen (secondary N) is 1. The Morgan fingerprint density at radius 3 is 2.60 bits per heavy atom. The number of rotatable bonds is 7. The van der Waals surface area contributed by atoms with Crippen LogP contribution in [-0.4, -0.2) is 60.4 Å². The molecule has 0 spiro atoms. The maximum atomic E-state index is 13.1. The Morgan fingerprint density at radius 2 is 1.83 bits per heavy atom.